The highest BCUT2D eigenvalue weighted by molar-refractivity contribution is 9.10. The van der Waals surface area contributed by atoms with E-state index in [2.05, 4.69) is 21.2 Å². The van der Waals surface area contributed by atoms with Crippen LogP contribution in [0.25, 0.3) is 0 Å². The standard InChI is InChI=1S/C38H42BrN3O5S/c1-27-13-17-30(18-14-27)25-41(35(23-29-9-5-4-6-10-29)38(44)40-31-11-7-8-12-31)37(43)26-42(32-19-15-28(2)16-20-32)48(45,46)33-21-22-36(47-3)34(39)24-33/h4-6,9-10,13-22,24,31,35H,7-8,11-12,23,25-26H2,1-3H3,(H,40,44)/t35-/m1/s1. The van der Waals surface area contributed by atoms with Gasteiger partial charge in [0, 0.05) is 19.0 Å². The zero-order chi connectivity index (χ0) is 34.3. The van der Waals surface area contributed by atoms with Crippen LogP contribution in [-0.2, 0) is 32.6 Å². The molecule has 1 aliphatic rings. The summed E-state index contributed by atoms with van der Waals surface area (Å²) in [5, 5.41) is 3.21. The van der Waals surface area contributed by atoms with Gasteiger partial charge < -0.3 is 15.0 Å². The first-order valence-corrected chi connectivity index (χ1v) is 18.4. The molecule has 0 saturated heterocycles. The van der Waals surface area contributed by atoms with Crippen molar-refractivity contribution in [3.05, 3.63) is 124 Å². The van der Waals surface area contributed by atoms with Gasteiger partial charge in [-0.1, -0.05) is 90.7 Å². The molecule has 0 aromatic heterocycles. The highest BCUT2D eigenvalue weighted by Crippen LogP contribution is 2.31. The number of nitrogens with zero attached hydrogens (tertiary/aromatic N) is 2. The topological polar surface area (TPSA) is 96.0 Å². The second-order valence-corrected chi connectivity index (χ2v) is 15.1. The van der Waals surface area contributed by atoms with Crippen molar-refractivity contribution in [3.63, 3.8) is 0 Å². The van der Waals surface area contributed by atoms with E-state index in [9.17, 15) is 18.0 Å². The van der Waals surface area contributed by atoms with E-state index in [0.29, 0.717) is 15.9 Å². The Bertz CT molecular complexity index is 1810. The lowest BCUT2D eigenvalue weighted by atomic mass is 10.0. The maximum atomic E-state index is 14.7. The third kappa shape index (κ3) is 8.65. The molecule has 0 radical (unpaired) electrons. The summed E-state index contributed by atoms with van der Waals surface area (Å²) in [7, 11) is -2.74. The van der Waals surface area contributed by atoms with Crippen LogP contribution in [0.3, 0.4) is 0 Å². The van der Waals surface area contributed by atoms with Gasteiger partial charge in [0.05, 0.1) is 22.2 Å². The fourth-order valence-electron chi connectivity index (χ4n) is 5.99. The summed E-state index contributed by atoms with van der Waals surface area (Å²) in [5.41, 5.74) is 4.09. The lowest BCUT2D eigenvalue weighted by Crippen LogP contribution is -2.54. The lowest BCUT2D eigenvalue weighted by Gasteiger charge is -2.34. The quantitative estimate of drug-likeness (QED) is 0.160. The summed E-state index contributed by atoms with van der Waals surface area (Å²) >= 11 is 3.41. The number of rotatable bonds is 13. The molecule has 4 aromatic carbocycles. The van der Waals surface area contributed by atoms with Crippen molar-refractivity contribution in [2.45, 2.75) is 69.5 Å². The minimum atomic E-state index is -4.25. The summed E-state index contributed by atoms with van der Waals surface area (Å²) in [6.45, 7) is 3.52. The Morgan fingerprint density at radius 1 is 0.875 bits per heavy atom. The number of ether oxygens (including phenoxy) is 1. The highest BCUT2D eigenvalue weighted by Gasteiger charge is 2.35. The van der Waals surface area contributed by atoms with Gasteiger partial charge in [-0.2, -0.15) is 0 Å². The maximum Gasteiger partial charge on any atom is 0.264 e. The molecule has 1 atom stereocenters. The van der Waals surface area contributed by atoms with Crippen LogP contribution in [0, 0.1) is 13.8 Å². The number of aryl methyl sites for hydroxylation is 2. The summed E-state index contributed by atoms with van der Waals surface area (Å²) in [4.78, 5) is 30.4. The Kier molecular flexibility index (Phi) is 11.6. The normalized spacial score (nSPS) is 13.9. The first-order valence-electron chi connectivity index (χ1n) is 16.2. The molecule has 4 aromatic rings. The minimum Gasteiger partial charge on any atom is -0.496 e. The first-order chi connectivity index (χ1) is 23.0. The number of nitrogens with one attached hydrogen (secondary N) is 1. The van der Waals surface area contributed by atoms with Crippen LogP contribution in [-0.4, -0.2) is 50.9 Å². The number of halogens is 1. The Balaban J connectivity index is 1.57. The smallest absolute Gasteiger partial charge is 0.264 e. The van der Waals surface area contributed by atoms with Crippen LogP contribution in [0.15, 0.2) is 106 Å². The molecule has 1 N–H and O–H groups in total. The van der Waals surface area contributed by atoms with Gasteiger partial charge in [0.1, 0.15) is 18.3 Å². The molecular weight excluding hydrogens is 690 g/mol. The van der Waals surface area contributed by atoms with Gasteiger partial charge >= 0.3 is 0 Å². The molecule has 0 heterocycles. The molecule has 0 spiro atoms. The molecule has 0 unspecified atom stereocenters. The third-order valence-corrected chi connectivity index (χ3v) is 11.1. The van der Waals surface area contributed by atoms with Crippen molar-refractivity contribution in [1.29, 1.82) is 0 Å². The van der Waals surface area contributed by atoms with Crippen LogP contribution < -0.4 is 14.4 Å². The molecular formula is C38H42BrN3O5S. The maximum absolute atomic E-state index is 14.7. The van der Waals surface area contributed by atoms with Gasteiger partial charge in [-0.3, -0.25) is 13.9 Å². The summed E-state index contributed by atoms with van der Waals surface area (Å²) in [6.07, 6.45) is 4.16. The van der Waals surface area contributed by atoms with E-state index >= 15 is 0 Å². The van der Waals surface area contributed by atoms with Crippen molar-refractivity contribution >= 4 is 43.5 Å². The summed E-state index contributed by atoms with van der Waals surface area (Å²) in [6, 6.07) is 28.1. The first kappa shape index (κ1) is 35.2. The molecule has 1 aliphatic carbocycles. The second kappa shape index (κ2) is 15.8. The van der Waals surface area contributed by atoms with Crippen molar-refractivity contribution in [3.8, 4) is 5.75 Å². The van der Waals surface area contributed by atoms with E-state index in [1.807, 2.05) is 80.6 Å². The summed E-state index contributed by atoms with van der Waals surface area (Å²) < 4.78 is 35.6. The Hall–Kier alpha value is -4.15. The van der Waals surface area contributed by atoms with E-state index < -0.39 is 28.5 Å². The average molecular weight is 733 g/mol. The monoisotopic (exact) mass is 731 g/mol. The zero-order valence-electron chi connectivity index (χ0n) is 27.6. The Labute approximate surface area is 292 Å². The largest absolute Gasteiger partial charge is 0.496 e. The van der Waals surface area contributed by atoms with Crippen molar-refractivity contribution in [2.75, 3.05) is 18.0 Å². The molecule has 0 bridgehead atoms. The van der Waals surface area contributed by atoms with Crippen LogP contribution in [0.1, 0.15) is 47.9 Å². The molecule has 10 heteroatoms. The van der Waals surface area contributed by atoms with E-state index in [1.165, 1.54) is 19.2 Å². The number of amides is 2. The molecule has 48 heavy (non-hydrogen) atoms. The minimum absolute atomic E-state index is 0.00607. The molecule has 1 fully saturated rings. The number of carbonyl (C=O) groups is 2. The number of methoxy groups -OCH3 is 1. The highest BCUT2D eigenvalue weighted by atomic mass is 79.9. The van der Waals surface area contributed by atoms with Gasteiger partial charge in [0.15, 0.2) is 0 Å². The third-order valence-electron chi connectivity index (χ3n) is 8.76. The molecule has 2 amide bonds. The fraction of sp³-hybridized carbons (Fsp3) is 0.316. The van der Waals surface area contributed by atoms with Gasteiger partial charge in [-0.25, -0.2) is 8.42 Å². The predicted molar refractivity (Wildman–Crippen MR) is 192 cm³/mol. The molecule has 8 nitrogen and oxygen atoms in total. The van der Waals surface area contributed by atoms with Gasteiger partial charge in [0.2, 0.25) is 11.8 Å². The van der Waals surface area contributed by atoms with Crippen LogP contribution >= 0.6 is 15.9 Å². The summed E-state index contributed by atoms with van der Waals surface area (Å²) in [5.74, 6) is -0.252. The van der Waals surface area contributed by atoms with Crippen molar-refractivity contribution in [1.82, 2.24) is 10.2 Å². The Morgan fingerprint density at radius 2 is 1.50 bits per heavy atom. The van der Waals surface area contributed by atoms with E-state index in [0.717, 1.165) is 52.2 Å². The number of anilines is 1. The van der Waals surface area contributed by atoms with E-state index in [1.54, 1.807) is 23.1 Å². The van der Waals surface area contributed by atoms with Gasteiger partial charge in [-0.05, 0) is 84.1 Å². The average Bonchev–Trinajstić information content (AvgIpc) is 3.60. The van der Waals surface area contributed by atoms with Crippen LogP contribution in [0.5, 0.6) is 5.75 Å². The molecule has 1 saturated carbocycles. The van der Waals surface area contributed by atoms with E-state index in [4.69, 9.17) is 4.74 Å². The van der Waals surface area contributed by atoms with Crippen LogP contribution in [0.2, 0.25) is 0 Å². The zero-order valence-corrected chi connectivity index (χ0v) is 30.0. The van der Waals surface area contributed by atoms with E-state index in [-0.39, 0.29) is 29.8 Å². The SMILES string of the molecule is COc1ccc(S(=O)(=O)N(CC(=O)N(Cc2ccc(C)cc2)[C@H](Cc2ccccc2)C(=O)NC2CCCC2)c2ccc(C)cc2)cc1Br. The fourth-order valence-corrected chi connectivity index (χ4v) is 8.12. The molecule has 5 rings (SSSR count). The predicted octanol–water partition coefficient (Wildman–Crippen LogP) is 6.97. The molecule has 0 aliphatic heterocycles. The number of hydrogen-bond acceptors (Lipinski definition) is 5. The van der Waals surface area contributed by atoms with Gasteiger partial charge in [0.25, 0.3) is 10.0 Å². The van der Waals surface area contributed by atoms with Crippen molar-refractivity contribution in [2.24, 2.45) is 0 Å². The van der Waals surface area contributed by atoms with Crippen LogP contribution in [0.4, 0.5) is 5.69 Å². The lowest BCUT2D eigenvalue weighted by molar-refractivity contribution is -0.140. The number of sulfonamides is 1. The Morgan fingerprint density at radius 3 is 2.10 bits per heavy atom. The van der Waals surface area contributed by atoms with Crippen molar-refractivity contribution < 1.29 is 22.7 Å². The number of benzene rings is 4. The van der Waals surface area contributed by atoms with Gasteiger partial charge in [-0.15, -0.1) is 0 Å². The molecule has 252 valence electrons. The number of carbonyl (C=O) groups excluding carboxylic acids is 2. The number of hydrogen-bond donors (Lipinski definition) is 1. The second-order valence-electron chi connectivity index (χ2n) is 12.3.